The van der Waals surface area contributed by atoms with Gasteiger partial charge in [-0.1, -0.05) is 42.5 Å². The van der Waals surface area contributed by atoms with Crippen molar-refractivity contribution in [3.05, 3.63) is 65.7 Å². The number of rotatable bonds is 10. The van der Waals surface area contributed by atoms with Crippen molar-refractivity contribution in [2.75, 3.05) is 0 Å². The fourth-order valence-electron chi connectivity index (χ4n) is 2.78. The van der Waals surface area contributed by atoms with Crippen LogP contribution in [0.1, 0.15) is 25.0 Å². The van der Waals surface area contributed by atoms with E-state index in [9.17, 15) is 24.1 Å². The lowest BCUT2D eigenvalue weighted by atomic mass is 10.0. The molecule has 0 fully saturated rings. The molecule has 6 N–H and O–H groups in total. The number of ether oxygens (including phenoxy) is 1. The maximum absolute atomic E-state index is 12.9. The van der Waals surface area contributed by atoms with E-state index in [4.69, 9.17) is 14.5 Å². The van der Waals surface area contributed by atoms with Crippen LogP contribution in [0.4, 0.5) is 4.79 Å². The van der Waals surface area contributed by atoms with Gasteiger partial charge in [-0.2, -0.15) is 0 Å². The molecular formula is C22H28N3O8P. The van der Waals surface area contributed by atoms with Crippen LogP contribution in [0.15, 0.2) is 54.6 Å². The Labute approximate surface area is 196 Å². The van der Waals surface area contributed by atoms with E-state index in [1.165, 1.54) is 19.1 Å². The minimum absolute atomic E-state index is 0.0146. The Morgan fingerprint density at radius 2 is 1.50 bits per heavy atom. The Balaban J connectivity index is 2.05. The molecule has 2 rings (SSSR count). The second-order valence-corrected chi connectivity index (χ2v) is 9.59. The van der Waals surface area contributed by atoms with Gasteiger partial charge in [0.1, 0.15) is 30.2 Å². The van der Waals surface area contributed by atoms with E-state index in [0.29, 0.717) is 5.56 Å². The second-order valence-electron chi connectivity index (χ2n) is 7.63. The number of hydrogen-bond acceptors (Lipinski definition) is 6. The average Bonchev–Trinajstić information content (AvgIpc) is 2.78. The number of benzene rings is 2. The predicted octanol–water partition coefficient (Wildman–Crippen LogP) is 1.37. The van der Waals surface area contributed by atoms with Crippen LogP contribution in [0.5, 0.6) is 5.75 Å². The highest BCUT2D eigenvalue weighted by atomic mass is 31.2. The third-order valence-corrected chi connectivity index (χ3v) is 5.94. The van der Waals surface area contributed by atoms with Crippen LogP contribution in [0.3, 0.4) is 0 Å². The summed E-state index contributed by atoms with van der Waals surface area (Å²) in [4.78, 5) is 55.7. The van der Waals surface area contributed by atoms with Gasteiger partial charge < -0.3 is 35.6 Å². The first-order valence-electron chi connectivity index (χ1n) is 10.4. The number of carbonyl (C=O) groups is 3. The van der Waals surface area contributed by atoms with Crippen LogP contribution < -0.4 is 16.0 Å². The summed E-state index contributed by atoms with van der Waals surface area (Å²) in [6.07, 6.45) is -0.824. The second kappa shape index (κ2) is 12.2. The maximum Gasteiger partial charge on any atom is 0.408 e. The van der Waals surface area contributed by atoms with Crippen LogP contribution >= 0.6 is 7.60 Å². The van der Waals surface area contributed by atoms with Crippen molar-refractivity contribution in [1.29, 1.82) is 0 Å². The lowest BCUT2D eigenvalue weighted by Gasteiger charge is -2.22. The van der Waals surface area contributed by atoms with Gasteiger partial charge in [0.25, 0.3) is 0 Å². The molecule has 34 heavy (non-hydrogen) atoms. The quantitative estimate of drug-likeness (QED) is 0.269. The van der Waals surface area contributed by atoms with Gasteiger partial charge in [-0.05, 0) is 37.1 Å². The Hall–Kier alpha value is -3.40. The van der Waals surface area contributed by atoms with E-state index in [2.05, 4.69) is 16.0 Å². The highest BCUT2D eigenvalue weighted by Gasteiger charge is 2.29. The van der Waals surface area contributed by atoms with Crippen LogP contribution in [0, 0.1) is 0 Å². The van der Waals surface area contributed by atoms with Crippen molar-refractivity contribution < 1.29 is 38.6 Å². The molecule has 0 aromatic heterocycles. The fraction of sp³-hybridized carbons (Fsp3) is 0.318. The molecule has 12 heteroatoms. The summed E-state index contributed by atoms with van der Waals surface area (Å²) in [5, 5.41) is 16.5. The zero-order valence-electron chi connectivity index (χ0n) is 18.7. The lowest BCUT2D eigenvalue weighted by molar-refractivity contribution is -0.129. The van der Waals surface area contributed by atoms with E-state index < -0.39 is 43.4 Å². The van der Waals surface area contributed by atoms with Crippen LogP contribution in [-0.2, 0) is 31.9 Å². The zero-order valence-corrected chi connectivity index (χ0v) is 19.6. The number of alkyl carbamates (subject to hydrolysis) is 1. The monoisotopic (exact) mass is 493 g/mol. The van der Waals surface area contributed by atoms with Crippen molar-refractivity contribution in [1.82, 2.24) is 16.0 Å². The largest absolute Gasteiger partial charge is 0.508 e. The Kier molecular flexibility index (Phi) is 9.61. The summed E-state index contributed by atoms with van der Waals surface area (Å²) >= 11 is 0. The number of aromatic hydroxyl groups is 1. The van der Waals surface area contributed by atoms with E-state index >= 15 is 0 Å². The summed E-state index contributed by atoms with van der Waals surface area (Å²) in [5.41, 5.74) is 1.37. The maximum atomic E-state index is 12.9. The molecule has 0 heterocycles. The fourth-order valence-corrected chi connectivity index (χ4v) is 3.07. The molecule has 0 bridgehead atoms. The van der Waals surface area contributed by atoms with Crippen molar-refractivity contribution in [2.45, 2.75) is 44.7 Å². The molecule has 0 saturated heterocycles. The molecule has 11 nitrogen and oxygen atoms in total. The number of phenolic OH excluding ortho intramolecular Hbond substituents is 1. The van der Waals surface area contributed by atoms with Gasteiger partial charge in [0, 0.05) is 6.42 Å². The number of phenols is 1. The Morgan fingerprint density at radius 3 is 2.09 bits per heavy atom. The van der Waals surface area contributed by atoms with Gasteiger partial charge in [0.2, 0.25) is 11.8 Å². The smallest absolute Gasteiger partial charge is 0.408 e. The summed E-state index contributed by atoms with van der Waals surface area (Å²) < 4.78 is 16.4. The van der Waals surface area contributed by atoms with Crippen LogP contribution in [0.2, 0.25) is 0 Å². The standard InChI is InChI=1S/C22H28N3O8P/c1-14(20(27)24-15(2)34(30,31)32)23-21(28)19(12-16-8-10-18(26)11-9-16)25-22(29)33-13-17-6-4-3-5-7-17/h3-11,14-15,19,26H,12-13H2,1-2H3,(H,23,28)(H,24,27)(H,25,29)(H2,30,31,32)/t14-,15+,19-/m0/s1. The first-order chi connectivity index (χ1) is 16.0. The highest BCUT2D eigenvalue weighted by molar-refractivity contribution is 7.52. The third-order valence-electron chi connectivity index (χ3n) is 4.81. The van der Waals surface area contributed by atoms with Gasteiger partial charge in [-0.3, -0.25) is 14.2 Å². The summed E-state index contributed by atoms with van der Waals surface area (Å²) in [5.74, 6) is -2.92. The van der Waals surface area contributed by atoms with E-state index in [0.717, 1.165) is 12.5 Å². The minimum Gasteiger partial charge on any atom is -0.508 e. The number of nitrogens with one attached hydrogen (secondary N) is 3. The molecule has 0 saturated carbocycles. The summed E-state index contributed by atoms with van der Waals surface area (Å²) in [6.45, 7) is 2.47. The summed E-state index contributed by atoms with van der Waals surface area (Å²) in [6, 6.07) is 12.7. The topological polar surface area (TPSA) is 174 Å². The van der Waals surface area contributed by atoms with Crippen molar-refractivity contribution in [3.8, 4) is 5.75 Å². The van der Waals surface area contributed by atoms with Gasteiger partial charge in [-0.25, -0.2) is 4.79 Å². The first kappa shape index (κ1) is 26.8. The van der Waals surface area contributed by atoms with Gasteiger partial charge in [0.05, 0.1) is 0 Å². The van der Waals surface area contributed by atoms with Crippen LogP contribution in [0.25, 0.3) is 0 Å². The molecule has 0 aliphatic rings. The normalized spacial score (nSPS) is 13.8. The highest BCUT2D eigenvalue weighted by Crippen LogP contribution is 2.39. The predicted molar refractivity (Wildman–Crippen MR) is 123 cm³/mol. The molecule has 3 atom stereocenters. The number of carbonyl (C=O) groups excluding carboxylic acids is 3. The minimum atomic E-state index is -4.54. The van der Waals surface area contributed by atoms with E-state index in [1.54, 1.807) is 36.4 Å². The van der Waals surface area contributed by atoms with Gasteiger partial charge in [0.15, 0.2) is 0 Å². The Bertz CT molecular complexity index is 1030. The number of hydrogen-bond donors (Lipinski definition) is 6. The van der Waals surface area contributed by atoms with Crippen molar-refractivity contribution in [2.24, 2.45) is 0 Å². The SMILES string of the molecule is C[C@H](NC(=O)[C@H](Cc1ccc(O)cc1)NC(=O)OCc1ccccc1)C(=O)N[C@@H](C)P(=O)(O)O. The lowest BCUT2D eigenvalue weighted by Crippen LogP contribution is -2.54. The molecule has 2 aromatic rings. The first-order valence-corrected chi connectivity index (χ1v) is 12.0. The molecule has 3 amide bonds. The molecule has 0 aliphatic carbocycles. The molecule has 0 radical (unpaired) electrons. The summed E-state index contributed by atoms with van der Waals surface area (Å²) in [7, 11) is -4.54. The molecule has 0 spiro atoms. The Morgan fingerprint density at radius 1 is 0.882 bits per heavy atom. The molecular weight excluding hydrogens is 465 g/mol. The zero-order chi connectivity index (χ0) is 25.3. The number of amides is 3. The third kappa shape index (κ3) is 8.86. The van der Waals surface area contributed by atoms with Crippen molar-refractivity contribution in [3.63, 3.8) is 0 Å². The molecule has 0 unspecified atom stereocenters. The average molecular weight is 493 g/mol. The molecule has 0 aliphatic heterocycles. The van der Waals surface area contributed by atoms with Gasteiger partial charge in [-0.15, -0.1) is 0 Å². The van der Waals surface area contributed by atoms with Gasteiger partial charge >= 0.3 is 13.7 Å². The molecule has 184 valence electrons. The van der Waals surface area contributed by atoms with E-state index in [1.807, 2.05) is 6.07 Å². The van der Waals surface area contributed by atoms with Crippen molar-refractivity contribution >= 4 is 25.5 Å². The van der Waals surface area contributed by atoms with E-state index in [-0.39, 0.29) is 18.8 Å². The van der Waals surface area contributed by atoms with Crippen LogP contribution in [-0.4, -0.2) is 50.7 Å². The molecule has 2 aromatic carbocycles.